The fourth-order valence-electron chi connectivity index (χ4n) is 2.05. The van der Waals surface area contributed by atoms with Crippen molar-refractivity contribution in [3.8, 4) is 0 Å². The van der Waals surface area contributed by atoms with E-state index in [9.17, 15) is 8.42 Å². The van der Waals surface area contributed by atoms with Gasteiger partial charge in [0.1, 0.15) is 11.5 Å². The van der Waals surface area contributed by atoms with Gasteiger partial charge < -0.3 is 14.2 Å². The minimum absolute atomic E-state index is 0.120. The highest BCUT2D eigenvalue weighted by molar-refractivity contribution is 7.90. The molecule has 0 heterocycles. The normalized spacial score (nSPS) is 18.8. The van der Waals surface area contributed by atoms with Crippen molar-refractivity contribution in [2.75, 3.05) is 21.3 Å². The molecule has 0 bridgehead atoms. The van der Waals surface area contributed by atoms with Crippen molar-refractivity contribution in [2.45, 2.75) is 17.6 Å². The van der Waals surface area contributed by atoms with Gasteiger partial charge in [0.15, 0.2) is 0 Å². The number of methoxy groups -OCH3 is 3. The highest BCUT2D eigenvalue weighted by atomic mass is 32.2. The Morgan fingerprint density at radius 2 is 1.65 bits per heavy atom. The van der Waals surface area contributed by atoms with Crippen LogP contribution in [0.2, 0.25) is 0 Å². The number of aryl methyl sites for hydroxylation is 1. The van der Waals surface area contributed by atoms with Crippen LogP contribution in [0, 0.1) is 6.92 Å². The SMILES string of the molecule is COC1=CC(OC)(OC)C=C/C1=N/S(=O)(=O)c1ccc(C)cc1. The number of nitrogens with zero attached hydrogens (tertiary/aromatic N) is 1. The van der Waals surface area contributed by atoms with Gasteiger partial charge in [-0.2, -0.15) is 12.8 Å². The number of hydrogen-bond donors (Lipinski definition) is 0. The van der Waals surface area contributed by atoms with Crippen LogP contribution >= 0.6 is 0 Å². The van der Waals surface area contributed by atoms with E-state index in [1.54, 1.807) is 18.2 Å². The van der Waals surface area contributed by atoms with E-state index >= 15 is 0 Å². The molecule has 124 valence electrons. The topological polar surface area (TPSA) is 74.2 Å². The van der Waals surface area contributed by atoms with E-state index in [0.29, 0.717) is 0 Å². The Hall–Kier alpha value is -1.96. The second kappa shape index (κ2) is 6.66. The van der Waals surface area contributed by atoms with E-state index in [0.717, 1.165) is 5.56 Å². The molecule has 0 aromatic heterocycles. The summed E-state index contributed by atoms with van der Waals surface area (Å²) in [6, 6.07) is 6.48. The molecule has 0 saturated heterocycles. The van der Waals surface area contributed by atoms with E-state index < -0.39 is 15.8 Å². The third kappa shape index (κ3) is 3.69. The Kier molecular flexibility index (Phi) is 5.03. The molecular formula is C16H19NO5S. The molecule has 0 fully saturated rings. The third-order valence-corrected chi connectivity index (χ3v) is 4.76. The summed E-state index contributed by atoms with van der Waals surface area (Å²) < 4.78 is 44.4. The van der Waals surface area contributed by atoms with Crippen molar-refractivity contribution in [1.82, 2.24) is 0 Å². The van der Waals surface area contributed by atoms with Gasteiger partial charge in [0.25, 0.3) is 10.0 Å². The molecule has 0 unspecified atom stereocenters. The second-order valence-electron chi connectivity index (χ2n) is 4.94. The monoisotopic (exact) mass is 337 g/mol. The second-order valence-corrected chi connectivity index (χ2v) is 6.54. The van der Waals surface area contributed by atoms with Gasteiger partial charge in [-0.15, -0.1) is 0 Å². The van der Waals surface area contributed by atoms with Crippen LogP contribution in [0.4, 0.5) is 0 Å². The van der Waals surface area contributed by atoms with Gasteiger partial charge in [0, 0.05) is 20.3 Å². The number of hydrogen-bond acceptors (Lipinski definition) is 5. The summed E-state index contributed by atoms with van der Waals surface area (Å²) in [7, 11) is 0.540. The van der Waals surface area contributed by atoms with Crippen LogP contribution in [0.1, 0.15) is 5.56 Å². The quantitative estimate of drug-likeness (QED) is 0.770. The lowest BCUT2D eigenvalue weighted by Crippen LogP contribution is -2.33. The molecule has 1 aliphatic rings. The summed E-state index contributed by atoms with van der Waals surface area (Å²) in [5.41, 5.74) is 1.15. The smallest absolute Gasteiger partial charge is 0.282 e. The van der Waals surface area contributed by atoms with Gasteiger partial charge >= 0.3 is 0 Å². The zero-order valence-corrected chi connectivity index (χ0v) is 14.3. The maximum absolute atomic E-state index is 12.4. The summed E-state index contributed by atoms with van der Waals surface area (Å²) in [5, 5.41) is 0. The highest BCUT2D eigenvalue weighted by Gasteiger charge is 2.30. The number of rotatable bonds is 5. The van der Waals surface area contributed by atoms with Crippen LogP contribution in [0.3, 0.4) is 0 Å². The first-order valence-electron chi connectivity index (χ1n) is 6.84. The first kappa shape index (κ1) is 17.4. The van der Waals surface area contributed by atoms with Crippen molar-refractivity contribution in [3.05, 3.63) is 53.8 Å². The molecule has 0 atom stereocenters. The third-order valence-electron chi connectivity index (χ3n) is 3.45. The molecule has 0 radical (unpaired) electrons. The zero-order chi connectivity index (χ0) is 17.1. The average Bonchev–Trinajstić information content (AvgIpc) is 2.55. The van der Waals surface area contributed by atoms with Gasteiger partial charge in [0.05, 0.1) is 12.0 Å². The van der Waals surface area contributed by atoms with E-state index in [1.807, 2.05) is 6.92 Å². The molecule has 0 N–H and O–H groups in total. The van der Waals surface area contributed by atoms with Crippen molar-refractivity contribution < 1.29 is 22.6 Å². The van der Waals surface area contributed by atoms with Gasteiger partial charge in [-0.3, -0.25) is 0 Å². The van der Waals surface area contributed by atoms with Gasteiger partial charge in [-0.1, -0.05) is 17.7 Å². The average molecular weight is 337 g/mol. The lowest BCUT2D eigenvalue weighted by atomic mass is 10.1. The molecule has 0 amide bonds. The molecule has 0 aliphatic heterocycles. The summed E-state index contributed by atoms with van der Waals surface area (Å²) >= 11 is 0. The van der Waals surface area contributed by atoms with Gasteiger partial charge in [0.2, 0.25) is 5.79 Å². The van der Waals surface area contributed by atoms with Crippen LogP contribution in [0.25, 0.3) is 0 Å². The molecule has 23 heavy (non-hydrogen) atoms. The molecule has 0 spiro atoms. The van der Waals surface area contributed by atoms with Gasteiger partial charge in [-0.05, 0) is 31.2 Å². The molecule has 1 aliphatic carbocycles. The molecule has 6 nitrogen and oxygen atoms in total. The molecule has 0 saturated carbocycles. The first-order chi connectivity index (χ1) is 10.9. The maximum atomic E-state index is 12.4. The van der Waals surface area contributed by atoms with Crippen molar-refractivity contribution in [1.29, 1.82) is 0 Å². The molecule has 1 aromatic rings. The lowest BCUT2D eigenvalue weighted by Gasteiger charge is -2.27. The predicted octanol–water partition coefficient (Wildman–Crippen LogP) is 2.21. The number of benzene rings is 1. The Balaban J connectivity index is 2.43. The maximum Gasteiger partial charge on any atom is 0.282 e. The fourth-order valence-corrected chi connectivity index (χ4v) is 3.05. The molecule has 7 heteroatoms. The van der Waals surface area contributed by atoms with Gasteiger partial charge in [-0.25, -0.2) is 0 Å². The molecule has 2 rings (SSSR count). The minimum atomic E-state index is -3.84. The van der Waals surface area contributed by atoms with Crippen LogP contribution in [-0.4, -0.2) is 41.2 Å². The van der Waals surface area contributed by atoms with E-state index in [2.05, 4.69) is 4.40 Å². The number of ether oxygens (including phenoxy) is 3. The summed E-state index contributed by atoms with van der Waals surface area (Å²) in [6.07, 6.45) is 4.59. The van der Waals surface area contributed by atoms with Crippen molar-refractivity contribution >= 4 is 15.7 Å². The number of allylic oxidation sites excluding steroid dienone is 1. The summed E-state index contributed by atoms with van der Waals surface area (Å²) in [6.45, 7) is 1.88. The van der Waals surface area contributed by atoms with Crippen molar-refractivity contribution in [3.63, 3.8) is 0 Å². The zero-order valence-electron chi connectivity index (χ0n) is 13.4. The van der Waals surface area contributed by atoms with E-state index in [1.165, 1.54) is 45.6 Å². The van der Waals surface area contributed by atoms with Crippen LogP contribution in [0.15, 0.2) is 57.5 Å². The predicted molar refractivity (Wildman–Crippen MR) is 86.8 cm³/mol. The Morgan fingerprint density at radius 3 is 2.17 bits per heavy atom. The fraction of sp³-hybridized carbons (Fsp3) is 0.312. The van der Waals surface area contributed by atoms with Crippen molar-refractivity contribution in [2.24, 2.45) is 4.40 Å². The molecule has 1 aromatic carbocycles. The largest absolute Gasteiger partial charge is 0.495 e. The minimum Gasteiger partial charge on any atom is -0.495 e. The highest BCUT2D eigenvalue weighted by Crippen LogP contribution is 2.25. The standard InChI is InChI=1S/C16H19NO5S/c1-12-5-7-13(8-6-12)23(18,19)17-14-9-10-16(21-3,22-4)11-15(14)20-2/h5-11H,1-4H3/b17-14-. The Bertz CT molecular complexity index is 756. The lowest BCUT2D eigenvalue weighted by molar-refractivity contribution is -0.134. The first-order valence-corrected chi connectivity index (χ1v) is 8.28. The van der Waals surface area contributed by atoms with Crippen LogP contribution in [-0.2, 0) is 24.2 Å². The summed E-state index contributed by atoms with van der Waals surface area (Å²) in [5.74, 6) is -0.843. The number of sulfonamides is 1. The van der Waals surface area contributed by atoms with E-state index in [4.69, 9.17) is 14.2 Å². The van der Waals surface area contributed by atoms with E-state index in [-0.39, 0.29) is 16.4 Å². The Labute approximate surface area is 136 Å². The molecular weight excluding hydrogens is 318 g/mol. The van der Waals surface area contributed by atoms with Crippen LogP contribution in [0.5, 0.6) is 0 Å². The Morgan fingerprint density at radius 1 is 1.04 bits per heavy atom. The van der Waals surface area contributed by atoms with Crippen LogP contribution < -0.4 is 0 Å². The summed E-state index contributed by atoms with van der Waals surface area (Å²) in [4.78, 5) is 0.120.